The summed E-state index contributed by atoms with van der Waals surface area (Å²) in [7, 11) is -3.41. The second kappa shape index (κ2) is 7.32. The first-order valence-electron chi connectivity index (χ1n) is 6.04. The Hall–Kier alpha value is -0.310. The number of thioether (sulfide) groups is 1. The van der Waals surface area contributed by atoms with Crippen LogP contribution < -0.4 is 5.48 Å². The van der Waals surface area contributed by atoms with Crippen LogP contribution in [0.25, 0.3) is 0 Å². The van der Waals surface area contributed by atoms with E-state index in [1.54, 1.807) is 5.48 Å². The fourth-order valence-corrected chi connectivity index (χ4v) is 4.84. The fourth-order valence-electron chi connectivity index (χ4n) is 1.85. The first-order chi connectivity index (χ1) is 8.53. The second-order valence-corrected chi connectivity index (χ2v) is 7.39. The van der Waals surface area contributed by atoms with E-state index in [9.17, 15) is 13.2 Å². The van der Waals surface area contributed by atoms with Gasteiger partial charge in [0, 0.05) is 18.1 Å². The van der Waals surface area contributed by atoms with E-state index in [4.69, 9.17) is 5.21 Å². The van der Waals surface area contributed by atoms with Crippen molar-refractivity contribution in [2.45, 2.75) is 32.2 Å². The topological polar surface area (TPSA) is 86.7 Å². The largest absolute Gasteiger partial charge is 0.289 e. The molecule has 1 aliphatic rings. The molecule has 18 heavy (non-hydrogen) atoms. The van der Waals surface area contributed by atoms with Crippen molar-refractivity contribution in [1.29, 1.82) is 0 Å². The molecule has 6 nitrogen and oxygen atoms in total. The van der Waals surface area contributed by atoms with E-state index in [1.807, 2.05) is 6.92 Å². The number of sulfonamides is 1. The molecule has 0 aromatic rings. The van der Waals surface area contributed by atoms with E-state index in [1.165, 1.54) is 16.1 Å². The molecule has 1 saturated heterocycles. The Morgan fingerprint density at radius 3 is 2.83 bits per heavy atom. The van der Waals surface area contributed by atoms with Gasteiger partial charge in [0.25, 0.3) is 5.91 Å². The number of carbonyl (C=O) groups excluding carboxylic acids is 1. The van der Waals surface area contributed by atoms with Crippen molar-refractivity contribution in [3.63, 3.8) is 0 Å². The molecule has 1 heterocycles. The Kier molecular flexibility index (Phi) is 6.40. The van der Waals surface area contributed by atoms with Crippen molar-refractivity contribution in [2.24, 2.45) is 0 Å². The van der Waals surface area contributed by atoms with E-state index < -0.39 is 22.0 Å². The summed E-state index contributed by atoms with van der Waals surface area (Å²) in [6.45, 7) is 2.34. The van der Waals surface area contributed by atoms with E-state index in [0.29, 0.717) is 24.5 Å². The molecule has 0 aromatic heterocycles. The summed E-state index contributed by atoms with van der Waals surface area (Å²) in [5, 5.41) is 8.65. The van der Waals surface area contributed by atoms with Crippen LogP contribution in [0.4, 0.5) is 0 Å². The fraction of sp³-hybridized carbons (Fsp3) is 0.900. The number of unbranched alkanes of at least 4 members (excludes halogenated alkanes) is 2. The minimum absolute atomic E-state index is 0.0702. The van der Waals surface area contributed by atoms with Crippen LogP contribution in [-0.2, 0) is 14.8 Å². The van der Waals surface area contributed by atoms with Crippen LogP contribution in [0.15, 0.2) is 0 Å². The third-order valence-electron chi connectivity index (χ3n) is 2.86. The van der Waals surface area contributed by atoms with Crippen LogP contribution in [0.2, 0.25) is 0 Å². The Labute approximate surface area is 112 Å². The lowest BCUT2D eigenvalue weighted by atomic mass is 10.3. The highest BCUT2D eigenvalue weighted by Gasteiger charge is 2.36. The van der Waals surface area contributed by atoms with Crippen LogP contribution in [0.1, 0.15) is 26.2 Å². The molecule has 1 unspecified atom stereocenters. The van der Waals surface area contributed by atoms with Gasteiger partial charge in [-0.1, -0.05) is 19.8 Å². The predicted molar refractivity (Wildman–Crippen MR) is 71.1 cm³/mol. The van der Waals surface area contributed by atoms with Gasteiger partial charge in [-0.15, -0.1) is 0 Å². The molecule has 0 aliphatic carbocycles. The summed E-state index contributed by atoms with van der Waals surface area (Å²) in [5.74, 6) is 0.490. The zero-order valence-electron chi connectivity index (χ0n) is 10.5. The molecule has 0 aromatic carbocycles. The third kappa shape index (κ3) is 4.11. The molecule has 1 atom stereocenters. The minimum atomic E-state index is -3.41. The lowest BCUT2D eigenvalue weighted by Gasteiger charge is -2.32. The third-order valence-corrected chi connectivity index (χ3v) is 5.83. The predicted octanol–water partition coefficient (Wildman–Crippen LogP) is 0.429. The van der Waals surface area contributed by atoms with Crippen LogP contribution in [-0.4, -0.2) is 53.7 Å². The Morgan fingerprint density at radius 2 is 2.22 bits per heavy atom. The monoisotopic (exact) mass is 296 g/mol. The molecule has 2 N–H and O–H groups in total. The van der Waals surface area contributed by atoms with Crippen molar-refractivity contribution in [1.82, 2.24) is 9.79 Å². The van der Waals surface area contributed by atoms with Gasteiger partial charge in [0.1, 0.15) is 6.04 Å². The first-order valence-corrected chi connectivity index (χ1v) is 8.80. The summed E-state index contributed by atoms with van der Waals surface area (Å²) < 4.78 is 25.5. The van der Waals surface area contributed by atoms with Crippen molar-refractivity contribution in [3.05, 3.63) is 0 Å². The smallest absolute Gasteiger partial charge is 0.262 e. The van der Waals surface area contributed by atoms with Gasteiger partial charge in [-0.2, -0.15) is 16.1 Å². The second-order valence-electron chi connectivity index (χ2n) is 4.20. The molecule has 0 bridgehead atoms. The van der Waals surface area contributed by atoms with E-state index in [0.717, 1.165) is 12.8 Å². The molecule has 1 amide bonds. The summed E-state index contributed by atoms with van der Waals surface area (Å²) in [4.78, 5) is 11.5. The van der Waals surface area contributed by atoms with Crippen molar-refractivity contribution >= 4 is 27.7 Å². The van der Waals surface area contributed by atoms with Crippen molar-refractivity contribution in [2.75, 3.05) is 23.8 Å². The summed E-state index contributed by atoms with van der Waals surface area (Å²) >= 11 is 1.52. The van der Waals surface area contributed by atoms with E-state index >= 15 is 0 Å². The normalized spacial score (nSPS) is 21.8. The van der Waals surface area contributed by atoms with Gasteiger partial charge in [0.05, 0.1) is 5.75 Å². The minimum Gasteiger partial charge on any atom is -0.289 e. The number of hydroxylamine groups is 1. The lowest BCUT2D eigenvalue weighted by Crippen LogP contribution is -2.53. The molecule has 0 radical (unpaired) electrons. The number of hydrogen-bond acceptors (Lipinski definition) is 5. The number of amides is 1. The molecule has 1 aliphatic heterocycles. The number of carbonyl (C=O) groups is 1. The summed E-state index contributed by atoms with van der Waals surface area (Å²) in [6, 6.07) is -0.791. The SMILES string of the molecule is CCCCCS(=O)(=O)N1CCSCC1C(=O)NO. The van der Waals surface area contributed by atoms with Crippen molar-refractivity contribution in [3.8, 4) is 0 Å². The molecule has 1 rings (SSSR count). The van der Waals surface area contributed by atoms with Crippen LogP contribution >= 0.6 is 11.8 Å². The Balaban J connectivity index is 2.73. The van der Waals surface area contributed by atoms with E-state index in [2.05, 4.69) is 0 Å². The van der Waals surface area contributed by atoms with Crippen LogP contribution in [0.3, 0.4) is 0 Å². The number of nitrogens with zero attached hydrogens (tertiary/aromatic N) is 1. The van der Waals surface area contributed by atoms with Gasteiger partial charge in [0.15, 0.2) is 0 Å². The standard InChI is InChI=1S/C10H20N2O4S2/c1-2-3-4-7-18(15,16)12-5-6-17-8-9(12)10(13)11-14/h9,14H,2-8H2,1H3,(H,11,13). The molecule has 8 heteroatoms. The van der Waals surface area contributed by atoms with Crippen LogP contribution in [0, 0.1) is 0 Å². The Bertz CT molecular complexity index is 372. The molecule has 1 fully saturated rings. The van der Waals surface area contributed by atoms with Gasteiger partial charge >= 0.3 is 0 Å². The van der Waals surface area contributed by atoms with Gasteiger partial charge < -0.3 is 0 Å². The molecular formula is C10H20N2O4S2. The van der Waals surface area contributed by atoms with Gasteiger partial charge in [0.2, 0.25) is 10.0 Å². The van der Waals surface area contributed by atoms with Gasteiger partial charge in [-0.3, -0.25) is 10.0 Å². The van der Waals surface area contributed by atoms with Crippen molar-refractivity contribution < 1.29 is 18.4 Å². The summed E-state index contributed by atoms with van der Waals surface area (Å²) in [5.41, 5.74) is 1.55. The first kappa shape index (κ1) is 15.7. The molecule has 0 spiro atoms. The maximum Gasteiger partial charge on any atom is 0.262 e. The number of nitrogens with one attached hydrogen (secondary N) is 1. The van der Waals surface area contributed by atoms with Gasteiger partial charge in [-0.05, 0) is 6.42 Å². The zero-order chi connectivity index (χ0) is 13.6. The average Bonchev–Trinajstić information content (AvgIpc) is 2.38. The maximum absolute atomic E-state index is 12.1. The summed E-state index contributed by atoms with van der Waals surface area (Å²) in [6.07, 6.45) is 2.42. The quantitative estimate of drug-likeness (QED) is 0.422. The van der Waals surface area contributed by atoms with Crippen LogP contribution in [0.5, 0.6) is 0 Å². The van der Waals surface area contributed by atoms with E-state index in [-0.39, 0.29) is 5.75 Å². The van der Waals surface area contributed by atoms with Gasteiger partial charge in [-0.25, -0.2) is 13.9 Å². The number of rotatable bonds is 6. The highest BCUT2D eigenvalue weighted by atomic mass is 32.2. The zero-order valence-corrected chi connectivity index (χ0v) is 12.1. The highest BCUT2D eigenvalue weighted by Crippen LogP contribution is 2.21. The average molecular weight is 296 g/mol. The molecule has 0 saturated carbocycles. The number of hydrogen-bond donors (Lipinski definition) is 2. The highest BCUT2D eigenvalue weighted by molar-refractivity contribution is 7.99. The lowest BCUT2D eigenvalue weighted by molar-refractivity contribution is -0.132. The molecule has 106 valence electrons. The maximum atomic E-state index is 12.1. The molecular weight excluding hydrogens is 276 g/mol. The Morgan fingerprint density at radius 1 is 1.50 bits per heavy atom.